The first-order valence-electron chi connectivity index (χ1n) is 8.40. The Kier molecular flexibility index (Phi) is 5.41. The Balaban J connectivity index is 1.56. The normalized spacial score (nSPS) is 11.9. The highest BCUT2D eigenvalue weighted by molar-refractivity contribution is 5.94. The molecule has 1 aliphatic rings. The van der Waals surface area contributed by atoms with Crippen LogP contribution in [0.4, 0.5) is 0 Å². The zero-order valence-corrected chi connectivity index (χ0v) is 14.8. The summed E-state index contributed by atoms with van der Waals surface area (Å²) in [5, 5.41) is 2.90. The Labute approximate surface area is 152 Å². The van der Waals surface area contributed by atoms with Gasteiger partial charge in [-0.3, -0.25) is 9.59 Å². The standard InChI is InChI=1S/C20H21NO5/c1-13(22)15-4-6-17(24-2)16(10-15)11-20(23)21-8-7-14-3-5-18-19(9-14)26-12-25-18/h3-6,9-10H,7-8,11-12H2,1-2H3,(H,21,23). The van der Waals surface area contributed by atoms with Crippen molar-refractivity contribution in [3.63, 3.8) is 0 Å². The van der Waals surface area contributed by atoms with E-state index in [1.54, 1.807) is 25.3 Å². The molecule has 0 saturated carbocycles. The van der Waals surface area contributed by atoms with Crippen molar-refractivity contribution >= 4 is 11.7 Å². The van der Waals surface area contributed by atoms with Crippen LogP contribution in [0.2, 0.25) is 0 Å². The van der Waals surface area contributed by atoms with Gasteiger partial charge in [0.1, 0.15) is 5.75 Å². The minimum absolute atomic E-state index is 0.0443. The van der Waals surface area contributed by atoms with E-state index in [0.717, 1.165) is 17.1 Å². The zero-order chi connectivity index (χ0) is 18.5. The molecule has 3 rings (SSSR count). The van der Waals surface area contributed by atoms with Crippen LogP contribution in [0.5, 0.6) is 17.2 Å². The fourth-order valence-electron chi connectivity index (χ4n) is 2.81. The summed E-state index contributed by atoms with van der Waals surface area (Å²) in [7, 11) is 1.55. The molecule has 0 atom stereocenters. The second-order valence-electron chi connectivity index (χ2n) is 6.05. The highest BCUT2D eigenvalue weighted by Gasteiger charge is 2.14. The van der Waals surface area contributed by atoms with Crippen molar-refractivity contribution in [3.05, 3.63) is 53.1 Å². The first-order chi connectivity index (χ1) is 12.6. The van der Waals surface area contributed by atoms with Crippen LogP contribution in [0.25, 0.3) is 0 Å². The number of benzene rings is 2. The minimum atomic E-state index is -0.121. The van der Waals surface area contributed by atoms with E-state index in [2.05, 4.69) is 5.32 Å². The van der Waals surface area contributed by atoms with Crippen LogP contribution in [0.1, 0.15) is 28.4 Å². The maximum absolute atomic E-state index is 12.2. The predicted molar refractivity (Wildman–Crippen MR) is 96.0 cm³/mol. The maximum atomic E-state index is 12.2. The van der Waals surface area contributed by atoms with Crippen LogP contribution in [-0.4, -0.2) is 32.1 Å². The minimum Gasteiger partial charge on any atom is -0.496 e. The molecular weight excluding hydrogens is 334 g/mol. The van der Waals surface area contributed by atoms with Gasteiger partial charge in [0.25, 0.3) is 0 Å². The van der Waals surface area contributed by atoms with Gasteiger partial charge in [-0.25, -0.2) is 0 Å². The van der Waals surface area contributed by atoms with Crippen molar-refractivity contribution in [1.82, 2.24) is 5.32 Å². The Hall–Kier alpha value is -3.02. The lowest BCUT2D eigenvalue weighted by atomic mass is 10.0. The van der Waals surface area contributed by atoms with E-state index in [0.29, 0.717) is 29.8 Å². The fraction of sp³-hybridized carbons (Fsp3) is 0.300. The summed E-state index contributed by atoms with van der Waals surface area (Å²) in [4.78, 5) is 23.8. The number of hydrogen-bond donors (Lipinski definition) is 1. The van der Waals surface area contributed by atoms with Gasteiger partial charge in [-0.05, 0) is 49.2 Å². The molecule has 1 heterocycles. The van der Waals surface area contributed by atoms with E-state index in [1.807, 2.05) is 18.2 Å². The summed E-state index contributed by atoms with van der Waals surface area (Å²) < 4.78 is 15.9. The number of fused-ring (bicyclic) bond motifs is 1. The molecule has 0 aliphatic carbocycles. The van der Waals surface area contributed by atoms with Crippen molar-refractivity contribution in [2.45, 2.75) is 19.8 Å². The molecule has 0 radical (unpaired) electrons. The molecule has 0 saturated heterocycles. The predicted octanol–water partition coefficient (Wildman–Crippen LogP) is 2.53. The molecule has 6 nitrogen and oxygen atoms in total. The van der Waals surface area contributed by atoms with Crippen molar-refractivity contribution < 1.29 is 23.8 Å². The van der Waals surface area contributed by atoms with Crippen LogP contribution in [0.15, 0.2) is 36.4 Å². The summed E-state index contributed by atoms with van der Waals surface area (Å²) in [6.07, 6.45) is 0.846. The smallest absolute Gasteiger partial charge is 0.231 e. The number of ether oxygens (including phenoxy) is 3. The molecule has 0 spiro atoms. The van der Waals surface area contributed by atoms with Gasteiger partial charge in [0, 0.05) is 17.7 Å². The molecule has 1 N–H and O–H groups in total. The van der Waals surface area contributed by atoms with Gasteiger partial charge in [0.15, 0.2) is 17.3 Å². The van der Waals surface area contributed by atoms with E-state index in [4.69, 9.17) is 14.2 Å². The van der Waals surface area contributed by atoms with Crippen molar-refractivity contribution in [3.8, 4) is 17.2 Å². The second-order valence-corrected chi connectivity index (χ2v) is 6.05. The molecule has 1 amide bonds. The average molecular weight is 355 g/mol. The summed E-state index contributed by atoms with van der Waals surface area (Å²) in [5.74, 6) is 1.91. The Morgan fingerprint density at radius 3 is 2.69 bits per heavy atom. The van der Waals surface area contributed by atoms with E-state index in [9.17, 15) is 9.59 Å². The largest absolute Gasteiger partial charge is 0.496 e. The highest BCUT2D eigenvalue weighted by Crippen LogP contribution is 2.32. The zero-order valence-electron chi connectivity index (χ0n) is 14.8. The number of hydrogen-bond acceptors (Lipinski definition) is 5. The quantitative estimate of drug-likeness (QED) is 0.773. The molecule has 0 bridgehead atoms. The summed E-state index contributed by atoms with van der Waals surface area (Å²) in [6.45, 7) is 2.25. The number of amides is 1. The highest BCUT2D eigenvalue weighted by atomic mass is 16.7. The van der Waals surface area contributed by atoms with E-state index in [-0.39, 0.29) is 24.9 Å². The Bertz CT molecular complexity index is 831. The van der Waals surface area contributed by atoms with Gasteiger partial charge in [0.2, 0.25) is 12.7 Å². The van der Waals surface area contributed by atoms with E-state index < -0.39 is 0 Å². The number of carbonyl (C=O) groups is 2. The summed E-state index contributed by atoms with van der Waals surface area (Å²) >= 11 is 0. The van der Waals surface area contributed by atoms with Gasteiger partial charge >= 0.3 is 0 Å². The summed E-state index contributed by atoms with van der Waals surface area (Å²) in [6, 6.07) is 10.9. The second kappa shape index (κ2) is 7.91. The lowest BCUT2D eigenvalue weighted by Gasteiger charge is -2.10. The topological polar surface area (TPSA) is 73.9 Å². The third-order valence-corrected chi connectivity index (χ3v) is 4.21. The van der Waals surface area contributed by atoms with Crippen LogP contribution < -0.4 is 19.5 Å². The van der Waals surface area contributed by atoms with Crippen molar-refractivity contribution in [1.29, 1.82) is 0 Å². The maximum Gasteiger partial charge on any atom is 0.231 e. The molecule has 0 unspecified atom stereocenters. The fourth-order valence-corrected chi connectivity index (χ4v) is 2.81. The Morgan fingerprint density at radius 2 is 1.92 bits per heavy atom. The molecule has 26 heavy (non-hydrogen) atoms. The number of rotatable bonds is 7. The van der Waals surface area contributed by atoms with Crippen LogP contribution >= 0.6 is 0 Å². The third-order valence-electron chi connectivity index (χ3n) is 4.21. The number of methoxy groups -OCH3 is 1. The number of Topliss-reactive ketones (excluding diaryl/α,β-unsaturated/α-hetero) is 1. The summed E-state index contributed by atoms with van der Waals surface area (Å²) in [5.41, 5.74) is 2.32. The van der Waals surface area contributed by atoms with Crippen LogP contribution in [0.3, 0.4) is 0 Å². The third kappa shape index (κ3) is 4.14. The van der Waals surface area contributed by atoms with Crippen LogP contribution in [0, 0.1) is 0 Å². The number of carbonyl (C=O) groups excluding carboxylic acids is 2. The van der Waals surface area contributed by atoms with Gasteiger partial charge in [-0.2, -0.15) is 0 Å². The van der Waals surface area contributed by atoms with E-state index in [1.165, 1.54) is 6.92 Å². The van der Waals surface area contributed by atoms with Gasteiger partial charge < -0.3 is 19.5 Å². The molecule has 1 aliphatic heterocycles. The van der Waals surface area contributed by atoms with E-state index >= 15 is 0 Å². The molecular formula is C20H21NO5. The molecule has 0 aromatic heterocycles. The average Bonchev–Trinajstić information content (AvgIpc) is 3.09. The molecule has 0 fully saturated rings. The van der Waals surface area contributed by atoms with Crippen molar-refractivity contribution in [2.24, 2.45) is 0 Å². The lowest BCUT2D eigenvalue weighted by molar-refractivity contribution is -0.120. The van der Waals surface area contributed by atoms with Crippen LogP contribution in [-0.2, 0) is 17.6 Å². The van der Waals surface area contributed by atoms with Gasteiger partial charge in [-0.1, -0.05) is 6.07 Å². The SMILES string of the molecule is COc1ccc(C(C)=O)cc1CC(=O)NCCc1ccc2c(c1)OCO2. The first-order valence-corrected chi connectivity index (χ1v) is 8.40. The molecule has 136 valence electrons. The lowest BCUT2D eigenvalue weighted by Crippen LogP contribution is -2.27. The van der Waals surface area contributed by atoms with Gasteiger partial charge in [0.05, 0.1) is 13.5 Å². The van der Waals surface area contributed by atoms with Crippen molar-refractivity contribution in [2.75, 3.05) is 20.4 Å². The first kappa shape index (κ1) is 17.8. The molecule has 6 heteroatoms. The Morgan fingerprint density at radius 1 is 1.12 bits per heavy atom. The molecule has 2 aromatic rings. The number of nitrogens with one attached hydrogen (secondary N) is 1. The molecule has 2 aromatic carbocycles. The number of ketones is 1. The monoisotopic (exact) mass is 355 g/mol. The van der Waals surface area contributed by atoms with Gasteiger partial charge in [-0.15, -0.1) is 0 Å².